The third kappa shape index (κ3) is 8.72. The monoisotopic (exact) mass is 738 g/mol. The number of carbonyl (C=O) groups is 2. The van der Waals surface area contributed by atoms with Crippen LogP contribution in [0, 0.1) is 11.8 Å². The van der Waals surface area contributed by atoms with Crippen molar-refractivity contribution in [2.45, 2.75) is 63.8 Å². The predicted molar refractivity (Wildman–Crippen MR) is 194 cm³/mol. The second-order valence-electron chi connectivity index (χ2n) is 13.7. The van der Waals surface area contributed by atoms with Crippen molar-refractivity contribution in [3.8, 4) is 17.0 Å². The zero-order chi connectivity index (χ0) is 36.5. The SMILES string of the molecule is CC(C)(C)c1ccc(C(=O)c2ccc(NC(=O)N=C3CC(OCc4c(-c5ccccc5OC(F)(F)F)noc4C4CP4)C4CC34)cc2)cc1.NS. The van der Waals surface area contributed by atoms with Gasteiger partial charge in [0.25, 0.3) is 0 Å². The first-order valence-electron chi connectivity index (χ1n) is 16.4. The Morgan fingerprint density at radius 1 is 1.02 bits per heavy atom. The summed E-state index contributed by atoms with van der Waals surface area (Å²) in [5.74, 6) is 0.541. The zero-order valence-corrected chi connectivity index (χ0v) is 30.1. The zero-order valence-electron chi connectivity index (χ0n) is 28.2. The van der Waals surface area contributed by atoms with Crippen LogP contribution in [-0.2, 0) is 16.8 Å². The first-order chi connectivity index (χ1) is 24.3. The lowest BCUT2D eigenvalue weighted by atomic mass is 9.86. The highest BCUT2D eigenvalue weighted by Crippen LogP contribution is 2.56. The number of benzene rings is 3. The van der Waals surface area contributed by atoms with Crippen LogP contribution in [0.15, 0.2) is 82.3 Å². The first kappa shape index (κ1) is 36.8. The molecule has 2 amide bonds. The van der Waals surface area contributed by atoms with Gasteiger partial charge >= 0.3 is 12.4 Å². The van der Waals surface area contributed by atoms with E-state index in [1.54, 1.807) is 30.3 Å². The van der Waals surface area contributed by atoms with E-state index in [9.17, 15) is 22.8 Å². The molecule has 5 atom stereocenters. The lowest BCUT2D eigenvalue weighted by molar-refractivity contribution is -0.274. The highest BCUT2D eigenvalue weighted by atomic mass is 32.1. The molecule has 1 aliphatic heterocycles. The van der Waals surface area contributed by atoms with Gasteiger partial charge in [-0.1, -0.05) is 62.3 Å². The van der Waals surface area contributed by atoms with E-state index in [2.05, 4.69) is 58.9 Å². The molecule has 3 aliphatic rings. The Labute approximate surface area is 300 Å². The minimum atomic E-state index is -4.86. The number of ether oxygens (including phenoxy) is 2. The molecule has 9 nitrogen and oxygen atoms in total. The molecule has 7 rings (SSSR count). The molecule has 51 heavy (non-hydrogen) atoms. The summed E-state index contributed by atoms with van der Waals surface area (Å²) in [6.07, 6.45) is -2.80. The van der Waals surface area contributed by atoms with Crippen LogP contribution in [0.3, 0.4) is 0 Å². The summed E-state index contributed by atoms with van der Waals surface area (Å²) in [4.78, 5) is 30.2. The van der Waals surface area contributed by atoms with E-state index in [1.807, 2.05) is 24.3 Å². The molecule has 5 unspecified atom stereocenters. The summed E-state index contributed by atoms with van der Waals surface area (Å²) in [6, 6.07) is 19.7. The average molecular weight is 739 g/mol. The number of fused-ring (bicyclic) bond motifs is 1. The Balaban J connectivity index is 0.00000220. The van der Waals surface area contributed by atoms with Gasteiger partial charge in [-0.05, 0) is 65.9 Å². The number of carbonyl (C=O) groups excluding carboxylic acids is 2. The molecule has 0 radical (unpaired) electrons. The molecular formula is C37H38F3N4O5PS. The van der Waals surface area contributed by atoms with E-state index in [0.29, 0.717) is 43.1 Å². The van der Waals surface area contributed by atoms with E-state index in [4.69, 9.17) is 9.26 Å². The Kier molecular flexibility index (Phi) is 10.7. The largest absolute Gasteiger partial charge is 0.573 e. The minimum Gasteiger partial charge on any atom is -0.405 e. The van der Waals surface area contributed by atoms with Crippen LogP contribution in [0.2, 0.25) is 0 Å². The molecule has 1 saturated heterocycles. The summed E-state index contributed by atoms with van der Waals surface area (Å²) < 4.78 is 55.7. The fraction of sp³-hybridized carbons (Fsp3) is 0.351. The van der Waals surface area contributed by atoms with Gasteiger partial charge in [0.1, 0.15) is 17.2 Å². The quantitative estimate of drug-likeness (QED) is 0.0889. The third-order valence-electron chi connectivity index (χ3n) is 9.17. The van der Waals surface area contributed by atoms with Crippen molar-refractivity contribution in [1.29, 1.82) is 0 Å². The first-order valence-corrected chi connectivity index (χ1v) is 18.2. The van der Waals surface area contributed by atoms with Crippen molar-refractivity contribution >= 4 is 44.6 Å². The molecule has 0 spiro atoms. The Hall–Kier alpha value is -4.03. The Morgan fingerprint density at radius 2 is 1.67 bits per heavy atom. The van der Waals surface area contributed by atoms with E-state index in [0.717, 1.165) is 23.9 Å². The normalized spacial score (nSPS) is 21.8. The van der Waals surface area contributed by atoms with Crippen molar-refractivity contribution in [2.75, 3.05) is 11.5 Å². The molecule has 268 valence electrons. The van der Waals surface area contributed by atoms with Crippen molar-refractivity contribution in [3.05, 3.63) is 101 Å². The molecule has 2 saturated carbocycles. The predicted octanol–water partition coefficient (Wildman–Crippen LogP) is 8.89. The van der Waals surface area contributed by atoms with Crippen molar-refractivity contribution < 1.29 is 36.8 Å². The molecule has 1 aromatic heterocycles. The van der Waals surface area contributed by atoms with Crippen LogP contribution in [0.25, 0.3) is 11.3 Å². The van der Waals surface area contributed by atoms with Gasteiger partial charge in [0.2, 0.25) is 0 Å². The number of aliphatic imine (C=N–C) groups is 1. The molecule has 3 fully saturated rings. The Bertz CT molecular complexity index is 1920. The van der Waals surface area contributed by atoms with Gasteiger partial charge in [0.05, 0.1) is 12.7 Å². The molecule has 4 aromatic rings. The lowest BCUT2D eigenvalue weighted by Gasteiger charge is -2.19. The van der Waals surface area contributed by atoms with Crippen molar-refractivity contribution in [3.63, 3.8) is 0 Å². The molecule has 0 bridgehead atoms. The number of aromatic nitrogens is 1. The second kappa shape index (κ2) is 14.9. The minimum absolute atomic E-state index is 0.00614. The number of thiol groups is 1. The fourth-order valence-corrected chi connectivity index (χ4v) is 7.08. The van der Waals surface area contributed by atoms with Crippen LogP contribution >= 0.6 is 21.4 Å². The number of nitrogens with one attached hydrogen (secondary N) is 1. The number of anilines is 1. The number of urea groups is 1. The second-order valence-corrected chi connectivity index (χ2v) is 15.2. The molecule has 2 aliphatic carbocycles. The average Bonchev–Trinajstić information content (AvgIpc) is 4.03. The number of halogens is 3. The summed E-state index contributed by atoms with van der Waals surface area (Å²) >= 11 is 3.03. The van der Waals surface area contributed by atoms with Crippen molar-refractivity contribution in [1.82, 2.24) is 5.16 Å². The fourth-order valence-electron chi connectivity index (χ4n) is 6.36. The third-order valence-corrected chi connectivity index (χ3v) is 10.2. The van der Waals surface area contributed by atoms with E-state index in [1.165, 1.54) is 18.2 Å². The van der Waals surface area contributed by atoms with Gasteiger partial charge in [-0.15, -0.1) is 34.6 Å². The van der Waals surface area contributed by atoms with E-state index < -0.39 is 12.4 Å². The van der Waals surface area contributed by atoms with Crippen LogP contribution in [0.4, 0.5) is 23.7 Å². The summed E-state index contributed by atoms with van der Waals surface area (Å²) in [5.41, 5.74) is 4.79. The number of alkyl halides is 3. The van der Waals surface area contributed by atoms with E-state index in [-0.39, 0.29) is 58.4 Å². The van der Waals surface area contributed by atoms with Crippen LogP contribution < -0.4 is 15.2 Å². The van der Waals surface area contributed by atoms with Gasteiger partial charge in [-0.3, -0.25) is 9.93 Å². The summed E-state index contributed by atoms with van der Waals surface area (Å²) in [7, 11) is 0.661. The van der Waals surface area contributed by atoms with Crippen LogP contribution in [0.1, 0.15) is 72.1 Å². The van der Waals surface area contributed by atoms with Gasteiger partial charge in [-0.25, -0.2) is 9.79 Å². The smallest absolute Gasteiger partial charge is 0.405 e. The molecule has 3 aromatic carbocycles. The van der Waals surface area contributed by atoms with E-state index >= 15 is 0 Å². The standard InChI is InChI=1S/C37H35F3N3O5P.H3NS/c1-36(2,3)22-12-8-20(9-13-22)33(44)21-10-14-23(15-11-21)41-35(45)42-28-17-30(26-16-25(26)28)46-18-27-32(43-48-34(27)31-19-49-31)24-6-4-5-7-29(24)47-37(38,39)40;1-2/h4-15,25-26,30-31,49H,16-19H2,1-3H3,(H,41,45);2H,1H2. The summed E-state index contributed by atoms with van der Waals surface area (Å²) in [6.45, 7) is 6.47. The van der Waals surface area contributed by atoms with Crippen LogP contribution in [-0.4, -0.2) is 41.3 Å². The molecule has 2 heterocycles. The van der Waals surface area contributed by atoms with Gasteiger partial charge in [-0.2, -0.15) is 0 Å². The number of nitrogens with two attached hydrogens (primary N) is 1. The van der Waals surface area contributed by atoms with Gasteiger partial charge in [0, 0.05) is 51.7 Å². The maximum absolute atomic E-state index is 13.1. The number of ketones is 1. The Morgan fingerprint density at radius 3 is 2.29 bits per heavy atom. The summed E-state index contributed by atoms with van der Waals surface area (Å²) in [5, 5.41) is 11.1. The maximum atomic E-state index is 13.1. The molecule has 14 heteroatoms. The highest BCUT2D eigenvalue weighted by Gasteiger charge is 2.53. The number of nitrogens with zero attached hydrogens (tertiary/aromatic N) is 2. The lowest BCUT2D eigenvalue weighted by Crippen LogP contribution is -2.18. The number of rotatable bonds is 9. The number of amides is 2. The number of para-hydroxylation sites is 1. The molecular weight excluding hydrogens is 700 g/mol. The van der Waals surface area contributed by atoms with Gasteiger partial charge < -0.3 is 19.3 Å². The maximum Gasteiger partial charge on any atom is 0.573 e. The highest BCUT2D eigenvalue weighted by molar-refractivity contribution is 7.77. The van der Waals surface area contributed by atoms with Crippen LogP contribution in [0.5, 0.6) is 5.75 Å². The molecule has 3 N–H and O–H groups in total. The van der Waals surface area contributed by atoms with Gasteiger partial charge in [0.15, 0.2) is 5.78 Å². The topological polar surface area (TPSA) is 129 Å². The van der Waals surface area contributed by atoms with Crippen molar-refractivity contribution in [2.24, 2.45) is 22.0 Å². The number of hydrogen-bond acceptors (Lipinski definition) is 8. The number of hydrogen-bond donors (Lipinski definition) is 3.